The second-order valence-electron chi connectivity index (χ2n) is 9.61. The van der Waals surface area contributed by atoms with E-state index in [0.29, 0.717) is 6.54 Å². The maximum absolute atomic E-state index is 13.9. The third kappa shape index (κ3) is 6.54. The molecule has 5 heteroatoms. The van der Waals surface area contributed by atoms with E-state index in [-0.39, 0.29) is 30.2 Å². The van der Waals surface area contributed by atoms with Gasteiger partial charge in [0, 0.05) is 24.9 Å². The van der Waals surface area contributed by atoms with Crippen LogP contribution in [0.4, 0.5) is 0 Å². The van der Waals surface area contributed by atoms with Crippen LogP contribution in [0.2, 0.25) is 0 Å². The van der Waals surface area contributed by atoms with E-state index in [4.69, 9.17) is 4.74 Å². The monoisotopic (exact) mass is 484 g/mol. The normalized spacial score (nSPS) is 14.4. The van der Waals surface area contributed by atoms with Gasteiger partial charge in [-0.2, -0.15) is 0 Å². The first-order chi connectivity index (χ1) is 17.5. The van der Waals surface area contributed by atoms with Crippen molar-refractivity contribution in [2.45, 2.75) is 63.6 Å². The average molecular weight is 485 g/mol. The van der Waals surface area contributed by atoms with Gasteiger partial charge in [-0.1, -0.05) is 85.6 Å². The Morgan fingerprint density at radius 2 is 1.44 bits per heavy atom. The van der Waals surface area contributed by atoms with Crippen LogP contribution in [0.15, 0.2) is 84.9 Å². The van der Waals surface area contributed by atoms with Gasteiger partial charge in [-0.15, -0.1) is 0 Å². The van der Waals surface area contributed by atoms with Crippen molar-refractivity contribution in [1.82, 2.24) is 10.2 Å². The van der Waals surface area contributed by atoms with Crippen LogP contribution in [0.25, 0.3) is 0 Å². The predicted octanol–water partition coefficient (Wildman–Crippen LogP) is 5.69. The highest BCUT2D eigenvalue weighted by molar-refractivity contribution is 5.88. The quantitative estimate of drug-likeness (QED) is 0.402. The van der Waals surface area contributed by atoms with Crippen molar-refractivity contribution < 1.29 is 14.3 Å². The van der Waals surface area contributed by atoms with Crippen LogP contribution in [-0.4, -0.2) is 35.9 Å². The summed E-state index contributed by atoms with van der Waals surface area (Å²) in [4.78, 5) is 28.9. The van der Waals surface area contributed by atoms with Crippen LogP contribution in [-0.2, 0) is 16.1 Å². The van der Waals surface area contributed by atoms with Crippen LogP contribution in [0.1, 0.15) is 61.6 Å². The van der Waals surface area contributed by atoms with E-state index >= 15 is 0 Å². The molecular formula is C31H36N2O3. The van der Waals surface area contributed by atoms with Crippen LogP contribution >= 0.6 is 0 Å². The molecule has 0 spiro atoms. The summed E-state index contributed by atoms with van der Waals surface area (Å²) in [7, 11) is 1.63. The molecule has 0 aromatic heterocycles. The van der Waals surface area contributed by atoms with Gasteiger partial charge in [-0.25, -0.2) is 0 Å². The lowest BCUT2D eigenvalue weighted by molar-refractivity contribution is -0.141. The first-order valence-electron chi connectivity index (χ1n) is 12.9. The maximum atomic E-state index is 13.9. The molecule has 1 aliphatic carbocycles. The van der Waals surface area contributed by atoms with Crippen molar-refractivity contribution in [2.75, 3.05) is 7.11 Å². The molecule has 1 atom stereocenters. The fraction of sp³-hybridized carbons (Fsp3) is 0.355. The minimum atomic E-state index is -0.576. The van der Waals surface area contributed by atoms with Gasteiger partial charge in [0.2, 0.25) is 11.8 Å². The van der Waals surface area contributed by atoms with Gasteiger partial charge in [0.15, 0.2) is 0 Å². The Labute approximate surface area is 214 Å². The summed E-state index contributed by atoms with van der Waals surface area (Å²) in [6.45, 7) is 2.20. The summed E-state index contributed by atoms with van der Waals surface area (Å²) in [6.07, 6.45) is 4.59. The lowest BCUT2D eigenvalue weighted by atomic mass is 9.88. The Kier molecular flexibility index (Phi) is 8.77. The van der Waals surface area contributed by atoms with E-state index in [9.17, 15) is 9.59 Å². The number of benzene rings is 3. The summed E-state index contributed by atoms with van der Waals surface area (Å²) in [5.41, 5.74) is 3.13. The van der Waals surface area contributed by atoms with Crippen molar-refractivity contribution >= 4 is 11.8 Å². The molecule has 0 bridgehead atoms. The van der Waals surface area contributed by atoms with Gasteiger partial charge in [-0.05, 0) is 48.6 Å². The number of hydrogen-bond acceptors (Lipinski definition) is 3. The fourth-order valence-electron chi connectivity index (χ4n) is 4.99. The van der Waals surface area contributed by atoms with Crippen molar-refractivity contribution in [2.24, 2.45) is 0 Å². The summed E-state index contributed by atoms with van der Waals surface area (Å²) in [5, 5.41) is 3.18. The Bertz CT molecular complexity index is 1070. The van der Waals surface area contributed by atoms with E-state index < -0.39 is 6.04 Å². The summed E-state index contributed by atoms with van der Waals surface area (Å²) < 4.78 is 5.29. The number of methoxy groups -OCH3 is 1. The smallest absolute Gasteiger partial charge is 0.242 e. The van der Waals surface area contributed by atoms with Gasteiger partial charge in [0.25, 0.3) is 0 Å². The molecule has 0 radical (unpaired) electrons. The highest BCUT2D eigenvalue weighted by atomic mass is 16.5. The van der Waals surface area contributed by atoms with Crippen molar-refractivity contribution in [3.63, 3.8) is 0 Å². The highest BCUT2D eigenvalue weighted by Gasteiger charge is 2.30. The SMILES string of the molecule is COc1ccc(CN(C(=O)CC(c2ccccc2)c2ccccc2)[C@H](C)C(=O)NC2CCCC2)cc1. The Morgan fingerprint density at radius 3 is 1.97 bits per heavy atom. The minimum absolute atomic E-state index is 0.0439. The number of nitrogens with one attached hydrogen (secondary N) is 1. The van der Waals surface area contributed by atoms with Crippen LogP contribution < -0.4 is 10.1 Å². The van der Waals surface area contributed by atoms with E-state index in [2.05, 4.69) is 29.6 Å². The second-order valence-corrected chi connectivity index (χ2v) is 9.61. The Hall–Kier alpha value is -3.60. The molecule has 1 saturated carbocycles. The lowest BCUT2D eigenvalue weighted by Gasteiger charge is -2.31. The molecule has 1 N–H and O–H groups in total. The van der Waals surface area contributed by atoms with E-state index in [1.165, 1.54) is 0 Å². The molecule has 5 nitrogen and oxygen atoms in total. The Balaban J connectivity index is 1.59. The summed E-state index contributed by atoms with van der Waals surface area (Å²) in [6, 6.07) is 27.5. The van der Waals surface area contributed by atoms with Crippen LogP contribution in [0.3, 0.4) is 0 Å². The van der Waals surface area contributed by atoms with Crippen LogP contribution in [0, 0.1) is 0 Å². The van der Waals surface area contributed by atoms with Gasteiger partial charge in [0.05, 0.1) is 7.11 Å². The van der Waals surface area contributed by atoms with Crippen molar-refractivity contribution in [3.05, 3.63) is 102 Å². The molecule has 188 valence electrons. The molecule has 0 aliphatic heterocycles. The minimum Gasteiger partial charge on any atom is -0.497 e. The number of nitrogens with zero attached hydrogens (tertiary/aromatic N) is 1. The maximum Gasteiger partial charge on any atom is 0.242 e. The molecule has 0 saturated heterocycles. The molecule has 3 aromatic carbocycles. The molecule has 4 rings (SSSR count). The average Bonchev–Trinajstić information content (AvgIpc) is 3.44. The molecule has 0 heterocycles. The first kappa shape index (κ1) is 25.5. The lowest BCUT2D eigenvalue weighted by Crippen LogP contribution is -2.49. The standard InChI is InChI=1S/C31H36N2O3/c1-23(31(35)32-27-15-9-10-16-27)33(22-24-17-19-28(36-2)20-18-24)30(34)21-29(25-11-5-3-6-12-25)26-13-7-4-8-14-26/h3-8,11-14,17-20,23,27,29H,9-10,15-16,21-22H2,1-2H3,(H,32,35)/t23-/m1/s1. The van der Waals surface area contributed by atoms with E-state index in [0.717, 1.165) is 48.1 Å². The number of carbonyl (C=O) groups excluding carboxylic acids is 2. The topological polar surface area (TPSA) is 58.6 Å². The summed E-state index contributed by atoms with van der Waals surface area (Å²) >= 11 is 0. The summed E-state index contributed by atoms with van der Waals surface area (Å²) in [5.74, 6) is 0.539. The number of amides is 2. The number of rotatable bonds is 10. The fourth-order valence-corrected chi connectivity index (χ4v) is 4.99. The molecule has 36 heavy (non-hydrogen) atoms. The third-order valence-electron chi connectivity index (χ3n) is 7.16. The molecule has 0 unspecified atom stereocenters. The Morgan fingerprint density at radius 1 is 0.889 bits per heavy atom. The molecule has 2 amide bonds. The largest absolute Gasteiger partial charge is 0.497 e. The predicted molar refractivity (Wildman–Crippen MR) is 143 cm³/mol. The van der Waals surface area contributed by atoms with Crippen LogP contribution in [0.5, 0.6) is 5.75 Å². The van der Waals surface area contributed by atoms with Gasteiger partial charge < -0.3 is 15.0 Å². The molecular weight excluding hydrogens is 448 g/mol. The zero-order chi connectivity index (χ0) is 25.3. The van der Waals surface area contributed by atoms with Gasteiger partial charge in [-0.3, -0.25) is 9.59 Å². The molecule has 1 aliphatic rings. The second kappa shape index (κ2) is 12.4. The van der Waals surface area contributed by atoms with E-state index in [1.807, 2.05) is 67.6 Å². The van der Waals surface area contributed by atoms with Gasteiger partial charge >= 0.3 is 0 Å². The number of hydrogen-bond donors (Lipinski definition) is 1. The van der Waals surface area contributed by atoms with Crippen molar-refractivity contribution in [1.29, 1.82) is 0 Å². The third-order valence-corrected chi connectivity index (χ3v) is 7.16. The van der Waals surface area contributed by atoms with E-state index in [1.54, 1.807) is 12.0 Å². The number of carbonyl (C=O) groups is 2. The highest BCUT2D eigenvalue weighted by Crippen LogP contribution is 2.29. The zero-order valence-corrected chi connectivity index (χ0v) is 21.2. The zero-order valence-electron chi connectivity index (χ0n) is 21.2. The molecule has 3 aromatic rings. The molecule has 1 fully saturated rings. The first-order valence-corrected chi connectivity index (χ1v) is 12.9. The van der Waals surface area contributed by atoms with Crippen molar-refractivity contribution in [3.8, 4) is 5.75 Å². The van der Waals surface area contributed by atoms with Gasteiger partial charge in [0.1, 0.15) is 11.8 Å². The number of ether oxygens (including phenoxy) is 1.